The maximum atomic E-state index is 14.1. The first-order valence-electron chi connectivity index (χ1n) is 8.70. The van der Waals surface area contributed by atoms with E-state index in [9.17, 15) is 13.6 Å². The van der Waals surface area contributed by atoms with Gasteiger partial charge in [-0.25, -0.2) is 4.79 Å². The summed E-state index contributed by atoms with van der Waals surface area (Å²) < 4.78 is 38.9. The van der Waals surface area contributed by atoms with Crippen molar-refractivity contribution in [1.29, 1.82) is 0 Å². The van der Waals surface area contributed by atoms with Gasteiger partial charge in [0.2, 0.25) is 0 Å². The molecule has 0 unspecified atom stereocenters. The minimum absolute atomic E-state index is 0.00401. The van der Waals surface area contributed by atoms with Crippen LogP contribution in [-0.2, 0) is 15.4 Å². The third-order valence-electron chi connectivity index (χ3n) is 4.09. The average Bonchev–Trinajstić information content (AvgIpc) is 2.53. The number of hydrogen-bond donors (Lipinski definition) is 1. The molecule has 1 amide bonds. The molecule has 2 rings (SSSR count). The Morgan fingerprint density at radius 1 is 1.12 bits per heavy atom. The largest absolute Gasteiger partial charge is 0.444 e. The van der Waals surface area contributed by atoms with Gasteiger partial charge in [0, 0.05) is 11.6 Å². The zero-order valence-corrected chi connectivity index (χ0v) is 15.1. The summed E-state index contributed by atoms with van der Waals surface area (Å²) in [6, 6.07) is 7.72. The number of alkyl halides is 2. The summed E-state index contributed by atoms with van der Waals surface area (Å²) in [6.45, 7) is 4.81. The minimum Gasteiger partial charge on any atom is -0.444 e. The maximum Gasteiger partial charge on any atom is 0.407 e. The number of alkyl carbamates (subject to hydrolysis) is 1. The summed E-state index contributed by atoms with van der Waals surface area (Å²) >= 11 is 0. The molecule has 0 radical (unpaired) electrons. The van der Waals surface area contributed by atoms with Crippen LogP contribution in [0.3, 0.4) is 0 Å². The second-order valence-electron chi connectivity index (χ2n) is 7.50. The number of amides is 1. The highest BCUT2D eigenvalue weighted by atomic mass is 19.3. The number of carbonyl (C=O) groups excluding carboxylic acids is 1. The molecule has 1 saturated carbocycles. The van der Waals surface area contributed by atoms with E-state index in [-0.39, 0.29) is 17.7 Å². The van der Waals surface area contributed by atoms with Gasteiger partial charge in [0.25, 0.3) is 5.92 Å². The molecule has 1 N–H and O–H groups in total. The number of rotatable bonds is 5. The minimum atomic E-state index is -2.99. The molecule has 1 aliphatic rings. The zero-order valence-electron chi connectivity index (χ0n) is 15.1. The van der Waals surface area contributed by atoms with Crippen molar-refractivity contribution in [3.63, 3.8) is 0 Å². The van der Waals surface area contributed by atoms with E-state index < -0.39 is 24.2 Å². The fraction of sp³-hybridized carbons (Fsp3) is 0.632. The zero-order chi connectivity index (χ0) is 18.5. The fourth-order valence-electron chi connectivity index (χ4n) is 2.84. The smallest absolute Gasteiger partial charge is 0.407 e. The number of hydrogen-bond acceptors (Lipinski definition) is 3. The molecule has 1 aromatic rings. The summed E-state index contributed by atoms with van der Waals surface area (Å²) in [5, 5.41) is 2.83. The number of benzene rings is 1. The van der Waals surface area contributed by atoms with E-state index in [1.165, 1.54) is 12.1 Å². The quantitative estimate of drug-likeness (QED) is 0.838. The van der Waals surface area contributed by atoms with Crippen molar-refractivity contribution in [3.8, 4) is 0 Å². The van der Waals surface area contributed by atoms with E-state index in [1.807, 2.05) is 20.8 Å². The van der Waals surface area contributed by atoms with Crippen LogP contribution in [0.2, 0.25) is 0 Å². The Hall–Kier alpha value is -1.69. The van der Waals surface area contributed by atoms with Gasteiger partial charge in [0.05, 0.1) is 6.10 Å². The fourth-order valence-corrected chi connectivity index (χ4v) is 2.84. The first kappa shape index (κ1) is 19.6. The lowest BCUT2D eigenvalue weighted by atomic mass is 9.93. The summed E-state index contributed by atoms with van der Waals surface area (Å²) in [4.78, 5) is 11.8. The summed E-state index contributed by atoms with van der Waals surface area (Å²) in [5.41, 5.74) is -0.566. The Morgan fingerprint density at radius 2 is 1.72 bits per heavy atom. The normalized spacial score (nSPS) is 21.6. The van der Waals surface area contributed by atoms with Crippen molar-refractivity contribution >= 4 is 6.09 Å². The Bertz CT molecular complexity index is 550. The van der Waals surface area contributed by atoms with Gasteiger partial charge >= 0.3 is 6.09 Å². The van der Waals surface area contributed by atoms with Crippen molar-refractivity contribution in [3.05, 3.63) is 35.9 Å². The number of carbonyl (C=O) groups is 1. The van der Waals surface area contributed by atoms with Crippen molar-refractivity contribution in [2.45, 2.75) is 70.1 Å². The molecule has 0 saturated heterocycles. The molecule has 6 heteroatoms. The third-order valence-corrected chi connectivity index (χ3v) is 4.09. The molecule has 140 valence electrons. The molecule has 1 aromatic carbocycles. The highest BCUT2D eigenvalue weighted by Crippen LogP contribution is 2.30. The highest BCUT2D eigenvalue weighted by molar-refractivity contribution is 5.68. The van der Waals surface area contributed by atoms with Gasteiger partial charge in [-0.05, 0) is 46.5 Å². The second kappa shape index (κ2) is 8.13. The summed E-state index contributed by atoms with van der Waals surface area (Å²) in [6.07, 6.45) is 2.04. The van der Waals surface area contributed by atoms with E-state index in [4.69, 9.17) is 9.47 Å². The lowest BCUT2D eigenvalue weighted by Gasteiger charge is -2.31. The first-order valence-corrected chi connectivity index (χ1v) is 8.70. The molecule has 0 bridgehead atoms. The van der Waals surface area contributed by atoms with E-state index >= 15 is 0 Å². The van der Waals surface area contributed by atoms with Gasteiger partial charge in [0.15, 0.2) is 0 Å². The Morgan fingerprint density at radius 3 is 2.28 bits per heavy atom. The van der Waals surface area contributed by atoms with E-state index in [0.29, 0.717) is 25.7 Å². The van der Waals surface area contributed by atoms with Crippen LogP contribution in [0.25, 0.3) is 0 Å². The van der Waals surface area contributed by atoms with Crippen LogP contribution in [0, 0.1) is 0 Å². The monoisotopic (exact) mass is 355 g/mol. The van der Waals surface area contributed by atoms with Crippen LogP contribution in [0.4, 0.5) is 13.6 Å². The molecular weight excluding hydrogens is 328 g/mol. The van der Waals surface area contributed by atoms with Crippen molar-refractivity contribution in [2.24, 2.45) is 0 Å². The van der Waals surface area contributed by atoms with Gasteiger partial charge in [-0.3, -0.25) is 0 Å². The molecule has 0 heterocycles. The Labute approximate surface area is 147 Å². The molecule has 25 heavy (non-hydrogen) atoms. The average molecular weight is 355 g/mol. The molecular formula is C19H27F2NO3. The highest BCUT2D eigenvalue weighted by Gasteiger charge is 2.34. The van der Waals surface area contributed by atoms with Gasteiger partial charge in [-0.1, -0.05) is 30.3 Å². The maximum absolute atomic E-state index is 14.1. The molecule has 0 aliphatic heterocycles. The van der Waals surface area contributed by atoms with E-state index in [0.717, 1.165) is 0 Å². The van der Waals surface area contributed by atoms with Crippen LogP contribution in [0.5, 0.6) is 0 Å². The van der Waals surface area contributed by atoms with Gasteiger partial charge in [-0.2, -0.15) is 8.78 Å². The summed E-state index contributed by atoms with van der Waals surface area (Å²) in [5.74, 6) is -2.99. The molecule has 0 aromatic heterocycles. The predicted octanol–water partition coefficient (Wildman–Crippen LogP) is 4.63. The van der Waals surface area contributed by atoms with Gasteiger partial charge < -0.3 is 14.8 Å². The predicted molar refractivity (Wildman–Crippen MR) is 91.7 cm³/mol. The molecule has 1 fully saturated rings. The van der Waals surface area contributed by atoms with Crippen LogP contribution in [0.1, 0.15) is 52.0 Å². The molecule has 1 aliphatic carbocycles. The van der Waals surface area contributed by atoms with E-state index in [2.05, 4.69) is 5.32 Å². The molecule has 4 nitrogen and oxygen atoms in total. The van der Waals surface area contributed by atoms with Crippen LogP contribution >= 0.6 is 0 Å². The second-order valence-corrected chi connectivity index (χ2v) is 7.50. The van der Waals surface area contributed by atoms with Crippen molar-refractivity contribution < 1.29 is 23.0 Å². The standard InChI is InChI=1S/C19H27F2NO3/c1-18(2,3)25-17(23)22-15-9-11-16(12-10-15)24-13-19(20,21)14-7-5-4-6-8-14/h4-8,15-16H,9-13H2,1-3H3,(H,22,23)/t15-,16-. The molecule has 0 spiro atoms. The van der Waals surface area contributed by atoms with Crippen LogP contribution < -0.4 is 5.32 Å². The van der Waals surface area contributed by atoms with E-state index in [1.54, 1.807) is 18.2 Å². The Kier molecular flexibility index (Phi) is 6.38. The Balaban J connectivity index is 1.73. The van der Waals surface area contributed by atoms with Crippen LogP contribution in [-0.4, -0.2) is 30.4 Å². The third kappa shape index (κ3) is 6.61. The lowest BCUT2D eigenvalue weighted by molar-refractivity contribution is -0.112. The van der Waals surface area contributed by atoms with Crippen LogP contribution in [0.15, 0.2) is 30.3 Å². The molecule has 0 atom stereocenters. The lowest BCUT2D eigenvalue weighted by Crippen LogP contribution is -2.42. The SMILES string of the molecule is CC(C)(C)OC(=O)N[C@H]1CC[C@H](OCC(F)(F)c2ccccc2)CC1. The topological polar surface area (TPSA) is 47.6 Å². The number of halogens is 2. The van der Waals surface area contributed by atoms with Crippen molar-refractivity contribution in [1.82, 2.24) is 5.32 Å². The number of nitrogens with one attached hydrogen (secondary N) is 1. The first-order chi connectivity index (χ1) is 11.7. The summed E-state index contributed by atoms with van der Waals surface area (Å²) in [7, 11) is 0. The van der Waals surface area contributed by atoms with Crippen molar-refractivity contribution in [2.75, 3.05) is 6.61 Å². The number of ether oxygens (including phenoxy) is 2. The van der Waals surface area contributed by atoms with Gasteiger partial charge in [-0.15, -0.1) is 0 Å². The van der Waals surface area contributed by atoms with Gasteiger partial charge in [0.1, 0.15) is 12.2 Å².